The number of phenols is 1. The molecule has 0 heterocycles. The number of aromatic carboxylic acids is 1. The largest absolute Gasteiger partial charge is 0.505 e. The molecule has 0 aromatic heterocycles. The van der Waals surface area contributed by atoms with Crippen molar-refractivity contribution in [3.63, 3.8) is 0 Å². The van der Waals surface area contributed by atoms with Gasteiger partial charge in [0, 0.05) is 6.07 Å². The van der Waals surface area contributed by atoms with Gasteiger partial charge in [0.1, 0.15) is 5.56 Å². The lowest BCUT2D eigenvalue weighted by molar-refractivity contribution is 0.0684. The maximum atomic E-state index is 13.1. The number of carbonyl (C=O) groups is 1. The van der Waals surface area contributed by atoms with E-state index < -0.39 is 34.7 Å². The van der Waals surface area contributed by atoms with Crippen LogP contribution < -0.4 is 4.74 Å². The van der Waals surface area contributed by atoms with Gasteiger partial charge in [0.15, 0.2) is 23.1 Å². The average Bonchev–Trinajstić information content (AvgIpc) is 2.11. The van der Waals surface area contributed by atoms with Crippen LogP contribution in [0.4, 0.5) is 8.78 Å². The third kappa shape index (κ3) is 1.46. The minimum Gasteiger partial charge on any atom is -0.505 e. The summed E-state index contributed by atoms with van der Waals surface area (Å²) in [5, 5.41) is 17.3. The molecule has 0 saturated heterocycles. The molecule has 2 N–H and O–H groups in total. The molecule has 0 radical (unpaired) electrons. The van der Waals surface area contributed by atoms with Crippen molar-refractivity contribution in [2.45, 2.75) is 0 Å². The number of ether oxygens (including phenoxy) is 1. The topological polar surface area (TPSA) is 66.8 Å². The van der Waals surface area contributed by atoms with Crippen LogP contribution in [-0.4, -0.2) is 23.3 Å². The highest BCUT2D eigenvalue weighted by Crippen LogP contribution is 2.30. The molecule has 1 aromatic rings. The molecule has 0 aliphatic carbocycles. The third-order valence-electron chi connectivity index (χ3n) is 1.58. The van der Waals surface area contributed by atoms with Gasteiger partial charge < -0.3 is 14.9 Å². The van der Waals surface area contributed by atoms with E-state index in [9.17, 15) is 13.6 Å². The van der Waals surface area contributed by atoms with Gasteiger partial charge in [-0.25, -0.2) is 13.6 Å². The second kappa shape index (κ2) is 3.49. The molecule has 76 valence electrons. The summed E-state index contributed by atoms with van der Waals surface area (Å²) in [6.07, 6.45) is 0. The average molecular weight is 204 g/mol. The van der Waals surface area contributed by atoms with Crippen LogP contribution in [0.5, 0.6) is 11.5 Å². The van der Waals surface area contributed by atoms with Crippen LogP contribution in [0.2, 0.25) is 0 Å². The Morgan fingerprint density at radius 3 is 2.43 bits per heavy atom. The smallest absolute Gasteiger partial charge is 0.342 e. The molecule has 14 heavy (non-hydrogen) atoms. The lowest BCUT2D eigenvalue weighted by Crippen LogP contribution is -2.06. The molecule has 0 aliphatic rings. The number of hydrogen-bond acceptors (Lipinski definition) is 3. The van der Waals surface area contributed by atoms with E-state index in [2.05, 4.69) is 4.74 Å². The summed E-state index contributed by atoms with van der Waals surface area (Å²) in [5.41, 5.74) is -1.23. The Bertz CT molecular complexity index is 389. The van der Waals surface area contributed by atoms with Crippen LogP contribution in [0, 0.1) is 11.6 Å². The van der Waals surface area contributed by atoms with E-state index in [0.29, 0.717) is 6.07 Å². The number of hydrogen-bond donors (Lipinski definition) is 2. The van der Waals surface area contributed by atoms with Crippen LogP contribution in [0.25, 0.3) is 0 Å². The summed E-state index contributed by atoms with van der Waals surface area (Å²) >= 11 is 0. The van der Waals surface area contributed by atoms with Crippen molar-refractivity contribution in [2.75, 3.05) is 7.11 Å². The van der Waals surface area contributed by atoms with Gasteiger partial charge in [0.2, 0.25) is 0 Å². The maximum Gasteiger partial charge on any atom is 0.342 e. The zero-order valence-electron chi connectivity index (χ0n) is 7.04. The van der Waals surface area contributed by atoms with Crippen LogP contribution in [0.3, 0.4) is 0 Å². The highest BCUT2D eigenvalue weighted by molar-refractivity contribution is 5.89. The van der Waals surface area contributed by atoms with E-state index in [0.717, 1.165) is 7.11 Å². The Kier molecular flexibility index (Phi) is 2.55. The summed E-state index contributed by atoms with van der Waals surface area (Å²) in [6.45, 7) is 0. The Morgan fingerprint density at radius 1 is 1.43 bits per heavy atom. The predicted octanol–water partition coefficient (Wildman–Crippen LogP) is 1.38. The van der Waals surface area contributed by atoms with Crippen molar-refractivity contribution in [3.8, 4) is 11.5 Å². The standard InChI is InChI=1S/C8H6F2O4/c1-14-4-2-3(11)6(9)5(7(4)10)8(12)13/h2,11H,1H3,(H,12,13). The summed E-state index contributed by atoms with van der Waals surface area (Å²) in [6, 6.07) is 0.664. The molecule has 1 aromatic carbocycles. The Hall–Kier alpha value is -1.85. The number of carboxylic acids is 1. The first kappa shape index (κ1) is 10.2. The van der Waals surface area contributed by atoms with E-state index in [1.54, 1.807) is 0 Å². The van der Waals surface area contributed by atoms with Crippen molar-refractivity contribution < 1.29 is 28.5 Å². The highest BCUT2D eigenvalue weighted by atomic mass is 19.1. The Balaban J connectivity index is 3.53. The molecule has 0 atom stereocenters. The SMILES string of the molecule is COc1cc(O)c(F)c(C(=O)O)c1F. The van der Waals surface area contributed by atoms with Crippen LogP contribution in [-0.2, 0) is 0 Å². The van der Waals surface area contributed by atoms with Gasteiger partial charge in [-0.2, -0.15) is 0 Å². The van der Waals surface area contributed by atoms with E-state index in [4.69, 9.17) is 10.2 Å². The van der Waals surface area contributed by atoms with Gasteiger partial charge in [-0.3, -0.25) is 0 Å². The molecule has 0 fully saturated rings. The van der Waals surface area contributed by atoms with Gasteiger partial charge in [-0.05, 0) is 0 Å². The fourth-order valence-corrected chi connectivity index (χ4v) is 0.935. The molecule has 1 rings (SSSR count). The monoisotopic (exact) mass is 204 g/mol. The highest BCUT2D eigenvalue weighted by Gasteiger charge is 2.24. The lowest BCUT2D eigenvalue weighted by Gasteiger charge is -2.06. The van der Waals surface area contributed by atoms with Gasteiger partial charge in [0.05, 0.1) is 7.11 Å². The zero-order valence-corrected chi connectivity index (χ0v) is 7.04. The molecule has 6 heteroatoms. The fraction of sp³-hybridized carbons (Fsp3) is 0.125. The molecule has 0 saturated carbocycles. The molecule has 4 nitrogen and oxygen atoms in total. The molecule has 0 amide bonds. The van der Waals surface area contributed by atoms with Crippen LogP contribution in [0.1, 0.15) is 10.4 Å². The fourth-order valence-electron chi connectivity index (χ4n) is 0.935. The second-order valence-electron chi connectivity index (χ2n) is 2.41. The first-order chi connectivity index (χ1) is 6.49. The molecule has 0 spiro atoms. The zero-order chi connectivity index (χ0) is 10.9. The number of phenolic OH excluding ortho intramolecular Hbond substituents is 1. The number of benzene rings is 1. The van der Waals surface area contributed by atoms with E-state index in [-0.39, 0.29) is 0 Å². The number of carboxylic acid groups (broad SMARTS) is 1. The van der Waals surface area contributed by atoms with Crippen LogP contribution >= 0.6 is 0 Å². The first-order valence-electron chi connectivity index (χ1n) is 3.47. The minimum absolute atomic E-state index is 0.527. The van der Waals surface area contributed by atoms with E-state index in [1.807, 2.05) is 0 Å². The first-order valence-corrected chi connectivity index (χ1v) is 3.47. The van der Waals surface area contributed by atoms with E-state index >= 15 is 0 Å². The molecular formula is C8H6F2O4. The number of methoxy groups -OCH3 is 1. The molecule has 0 unspecified atom stereocenters. The van der Waals surface area contributed by atoms with Gasteiger partial charge in [-0.1, -0.05) is 0 Å². The quantitative estimate of drug-likeness (QED) is 0.763. The van der Waals surface area contributed by atoms with Gasteiger partial charge >= 0.3 is 5.97 Å². The maximum absolute atomic E-state index is 13.1. The van der Waals surface area contributed by atoms with Gasteiger partial charge in [0.25, 0.3) is 0 Å². The van der Waals surface area contributed by atoms with Crippen molar-refractivity contribution in [3.05, 3.63) is 23.3 Å². The summed E-state index contributed by atoms with van der Waals surface area (Å²) in [4.78, 5) is 10.4. The summed E-state index contributed by atoms with van der Waals surface area (Å²) < 4.78 is 30.4. The van der Waals surface area contributed by atoms with Gasteiger partial charge in [-0.15, -0.1) is 0 Å². The predicted molar refractivity (Wildman–Crippen MR) is 41.5 cm³/mol. The second-order valence-corrected chi connectivity index (χ2v) is 2.41. The number of aromatic hydroxyl groups is 1. The minimum atomic E-state index is -1.81. The third-order valence-corrected chi connectivity index (χ3v) is 1.58. The van der Waals surface area contributed by atoms with Crippen molar-refractivity contribution in [1.82, 2.24) is 0 Å². The molecule has 0 aliphatic heterocycles. The van der Waals surface area contributed by atoms with Crippen LogP contribution in [0.15, 0.2) is 6.07 Å². The molecular weight excluding hydrogens is 198 g/mol. The van der Waals surface area contributed by atoms with E-state index in [1.165, 1.54) is 0 Å². The lowest BCUT2D eigenvalue weighted by atomic mass is 10.1. The normalized spacial score (nSPS) is 9.93. The Morgan fingerprint density at radius 2 is 2.00 bits per heavy atom. The number of halogens is 2. The van der Waals surface area contributed by atoms with Crippen molar-refractivity contribution in [1.29, 1.82) is 0 Å². The van der Waals surface area contributed by atoms with Crippen molar-refractivity contribution in [2.24, 2.45) is 0 Å². The summed E-state index contributed by atoms with van der Waals surface area (Å²) in [5.74, 6) is -6.18. The van der Waals surface area contributed by atoms with Crippen molar-refractivity contribution >= 4 is 5.97 Å². The Labute approximate surface area is 77.4 Å². The number of rotatable bonds is 2. The molecule has 0 bridgehead atoms. The summed E-state index contributed by atoms with van der Waals surface area (Å²) in [7, 11) is 1.07.